The highest BCUT2D eigenvalue weighted by molar-refractivity contribution is 8.05. The Morgan fingerprint density at radius 1 is 1.48 bits per heavy atom. The van der Waals surface area contributed by atoms with Crippen molar-refractivity contribution in [1.82, 2.24) is 0 Å². The van der Waals surface area contributed by atoms with Gasteiger partial charge in [0, 0.05) is 5.69 Å². The third-order valence-corrected chi connectivity index (χ3v) is 4.41. The number of nitrogens with zero attached hydrogens (tertiary/aromatic N) is 2. The van der Waals surface area contributed by atoms with Crippen LogP contribution in [-0.4, -0.2) is 17.1 Å². The molecule has 0 unspecified atom stereocenters. The quantitative estimate of drug-likeness (QED) is 0.682. The lowest BCUT2D eigenvalue weighted by Crippen LogP contribution is -2.29. The Balaban J connectivity index is 2.58. The number of nitrogens with two attached hydrogens (primary N) is 1. The molecule has 1 aliphatic heterocycles. The summed E-state index contributed by atoms with van der Waals surface area (Å²) in [6.07, 6.45) is 0.544. The standard InChI is InChI=1S/C14H12FN3O2S/c1-2-11-13(20)18(9-5-3-8(15)4-6-9)14(21-11)10(7-16)12(17)19/h3-6,11H,2H2,1H3,(H2,17,19)/b14-10-/t11-/m0/s1. The van der Waals surface area contributed by atoms with Crippen molar-refractivity contribution in [1.29, 1.82) is 5.26 Å². The number of hydrogen-bond donors (Lipinski definition) is 1. The van der Waals surface area contributed by atoms with E-state index in [0.29, 0.717) is 12.1 Å². The van der Waals surface area contributed by atoms with Gasteiger partial charge in [-0.25, -0.2) is 4.39 Å². The van der Waals surface area contributed by atoms with Gasteiger partial charge in [-0.05, 0) is 30.7 Å². The van der Waals surface area contributed by atoms with Gasteiger partial charge in [-0.3, -0.25) is 14.5 Å². The summed E-state index contributed by atoms with van der Waals surface area (Å²) in [5.74, 6) is -1.58. The fourth-order valence-corrected chi connectivity index (χ4v) is 3.16. The molecule has 0 aromatic heterocycles. The molecule has 0 saturated carbocycles. The van der Waals surface area contributed by atoms with Crippen LogP contribution in [-0.2, 0) is 9.59 Å². The number of thioether (sulfide) groups is 1. The SMILES string of the molecule is CC[C@@H]1S/C(=C(/C#N)C(N)=O)N(c2ccc(F)cc2)C1=O. The summed E-state index contributed by atoms with van der Waals surface area (Å²) >= 11 is 1.13. The Morgan fingerprint density at radius 3 is 2.57 bits per heavy atom. The van der Waals surface area contributed by atoms with Crippen molar-refractivity contribution in [2.24, 2.45) is 5.73 Å². The van der Waals surface area contributed by atoms with E-state index >= 15 is 0 Å². The molecule has 1 fully saturated rings. The smallest absolute Gasteiger partial charge is 0.262 e. The molecular formula is C14H12FN3O2S. The molecule has 108 valence electrons. The lowest BCUT2D eigenvalue weighted by atomic mass is 10.2. The number of primary amides is 1. The molecule has 2 N–H and O–H groups in total. The number of rotatable bonds is 3. The van der Waals surface area contributed by atoms with E-state index in [1.54, 1.807) is 6.07 Å². The van der Waals surface area contributed by atoms with Crippen LogP contribution in [0.25, 0.3) is 0 Å². The molecule has 0 bridgehead atoms. The van der Waals surface area contributed by atoms with Crippen molar-refractivity contribution in [2.75, 3.05) is 4.90 Å². The van der Waals surface area contributed by atoms with Gasteiger partial charge in [0.1, 0.15) is 22.5 Å². The molecule has 1 aromatic carbocycles. The average molecular weight is 305 g/mol. The van der Waals surface area contributed by atoms with Gasteiger partial charge in [0.15, 0.2) is 0 Å². The fraction of sp³-hybridized carbons (Fsp3) is 0.214. The Bertz CT molecular complexity index is 664. The maximum Gasteiger partial charge on any atom is 0.262 e. The summed E-state index contributed by atoms with van der Waals surface area (Å²) in [5.41, 5.74) is 5.32. The molecule has 0 spiro atoms. The van der Waals surface area contributed by atoms with Crippen LogP contribution in [0.15, 0.2) is 34.9 Å². The molecule has 1 heterocycles. The molecule has 1 atom stereocenters. The third kappa shape index (κ3) is 2.76. The number of amides is 2. The average Bonchev–Trinajstić information content (AvgIpc) is 2.77. The van der Waals surface area contributed by atoms with Gasteiger partial charge in [-0.15, -0.1) is 0 Å². The molecule has 1 aliphatic rings. The van der Waals surface area contributed by atoms with Gasteiger partial charge >= 0.3 is 0 Å². The molecule has 2 rings (SSSR count). The fourth-order valence-electron chi connectivity index (χ4n) is 1.95. The van der Waals surface area contributed by atoms with Crippen LogP contribution in [0.2, 0.25) is 0 Å². The van der Waals surface area contributed by atoms with Crippen LogP contribution in [0, 0.1) is 17.1 Å². The number of carbonyl (C=O) groups is 2. The first kappa shape index (κ1) is 15.1. The maximum atomic E-state index is 13.0. The number of nitriles is 1. The second kappa shape index (κ2) is 5.97. The van der Waals surface area contributed by atoms with E-state index < -0.39 is 17.0 Å². The predicted octanol–water partition coefficient (Wildman–Crippen LogP) is 1.90. The van der Waals surface area contributed by atoms with E-state index in [4.69, 9.17) is 11.0 Å². The first-order chi connectivity index (χ1) is 9.99. The second-order valence-electron chi connectivity index (χ2n) is 4.32. The summed E-state index contributed by atoms with van der Waals surface area (Å²) in [5, 5.41) is 8.90. The minimum absolute atomic E-state index is 0.202. The molecular weight excluding hydrogens is 293 g/mol. The largest absolute Gasteiger partial charge is 0.365 e. The maximum absolute atomic E-state index is 13.0. The van der Waals surface area contributed by atoms with Gasteiger partial charge in [-0.2, -0.15) is 5.26 Å². The van der Waals surface area contributed by atoms with Crippen molar-refractivity contribution in [3.63, 3.8) is 0 Å². The number of halogens is 1. The van der Waals surface area contributed by atoms with Crippen molar-refractivity contribution in [3.05, 3.63) is 40.7 Å². The van der Waals surface area contributed by atoms with Crippen LogP contribution >= 0.6 is 11.8 Å². The molecule has 2 amide bonds. The van der Waals surface area contributed by atoms with Gasteiger partial charge < -0.3 is 5.73 Å². The van der Waals surface area contributed by atoms with E-state index in [-0.39, 0.29) is 16.5 Å². The van der Waals surface area contributed by atoms with E-state index in [0.717, 1.165) is 11.8 Å². The minimum Gasteiger partial charge on any atom is -0.365 e. The molecule has 7 heteroatoms. The molecule has 21 heavy (non-hydrogen) atoms. The Labute approximate surface area is 125 Å². The second-order valence-corrected chi connectivity index (χ2v) is 5.51. The third-order valence-electron chi connectivity index (χ3n) is 2.98. The zero-order valence-electron chi connectivity index (χ0n) is 11.2. The lowest BCUT2D eigenvalue weighted by Gasteiger charge is -2.18. The first-order valence-corrected chi connectivity index (χ1v) is 7.08. The van der Waals surface area contributed by atoms with Gasteiger partial charge in [0.25, 0.3) is 5.91 Å². The summed E-state index contributed by atoms with van der Waals surface area (Å²) in [4.78, 5) is 25.0. The molecule has 0 radical (unpaired) electrons. The minimum atomic E-state index is -0.892. The van der Waals surface area contributed by atoms with E-state index in [9.17, 15) is 14.0 Å². The van der Waals surface area contributed by atoms with E-state index in [1.165, 1.54) is 29.2 Å². The first-order valence-electron chi connectivity index (χ1n) is 6.20. The van der Waals surface area contributed by atoms with Crippen LogP contribution in [0.4, 0.5) is 10.1 Å². The molecule has 1 aromatic rings. The number of anilines is 1. The number of hydrogen-bond acceptors (Lipinski definition) is 4. The monoisotopic (exact) mass is 305 g/mol. The van der Waals surface area contributed by atoms with Gasteiger partial charge in [-0.1, -0.05) is 18.7 Å². The van der Waals surface area contributed by atoms with Gasteiger partial charge in [0.2, 0.25) is 5.91 Å². The van der Waals surface area contributed by atoms with Crippen LogP contribution in [0.5, 0.6) is 0 Å². The zero-order valence-corrected chi connectivity index (χ0v) is 12.0. The number of carbonyl (C=O) groups excluding carboxylic acids is 2. The zero-order chi connectivity index (χ0) is 15.6. The topological polar surface area (TPSA) is 87.2 Å². The van der Waals surface area contributed by atoms with E-state index in [1.807, 2.05) is 6.92 Å². The Hall–Kier alpha value is -2.33. The molecule has 0 aliphatic carbocycles. The molecule has 5 nitrogen and oxygen atoms in total. The van der Waals surface area contributed by atoms with Crippen molar-refractivity contribution in [2.45, 2.75) is 18.6 Å². The van der Waals surface area contributed by atoms with Crippen molar-refractivity contribution in [3.8, 4) is 6.07 Å². The normalized spacial score (nSPS) is 20.3. The Kier molecular flexibility index (Phi) is 4.29. The molecule has 1 saturated heterocycles. The highest BCUT2D eigenvalue weighted by Gasteiger charge is 2.39. The van der Waals surface area contributed by atoms with Gasteiger partial charge in [0.05, 0.1) is 5.25 Å². The lowest BCUT2D eigenvalue weighted by molar-refractivity contribution is -0.117. The summed E-state index contributed by atoms with van der Waals surface area (Å²) < 4.78 is 13.0. The van der Waals surface area contributed by atoms with Crippen molar-refractivity contribution < 1.29 is 14.0 Å². The number of benzene rings is 1. The summed E-state index contributed by atoms with van der Waals surface area (Å²) in [6.45, 7) is 1.83. The summed E-state index contributed by atoms with van der Waals surface area (Å²) in [7, 11) is 0. The Morgan fingerprint density at radius 2 is 2.10 bits per heavy atom. The highest BCUT2D eigenvalue weighted by atomic mass is 32.2. The van der Waals surface area contributed by atoms with Crippen LogP contribution in [0.3, 0.4) is 0 Å². The van der Waals surface area contributed by atoms with Crippen LogP contribution in [0.1, 0.15) is 13.3 Å². The predicted molar refractivity (Wildman–Crippen MR) is 77.4 cm³/mol. The van der Waals surface area contributed by atoms with Crippen LogP contribution < -0.4 is 10.6 Å². The van der Waals surface area contributed by atoms with Crippen molar-refractivity contribution >= 4 is 29.3 Å². The van der Waals surface area contributed by atoms with E-state index in [2.05, 4.69) is 0 Å². The highest BCUT2D eigenvalue weighted by Crippen LogP contribution is 2.41. The summed E-state index contributed by atoms with van der Waals surface area (Å²) in [6, 6.07) is 6.99.